The Labute approximate surface area is 92.9 Å². The van der Waals surface area contributed by atoms with Crippen LogP contribution in [0, 0.1) is 6.92 Å². The van der Waals surface area contributed by atoms with E-state index in [1.165, 1.54) is 11.1 Å². The van der Waals surface area contributed by atoms with Gasteiger partial charge in [-0.1, -0.05) is 29.8 Å². The summed E-state index contributed by atoms with van der Waals surface area (Å²) in [7, 11) is 2.13. The second kappa shape index (κ2) is 6.59. The van der Waals surface area contributed by atoms with E-state index in [4.69, 9.17) is 4.74 Å². The maximum atomic E-state index is 5.32. The van der Waals surface area contributed by atoms with Crippen LogP contribution in [0.15, 0.2) is 24.3 Å². The summed E-state index contributed by atoms with van der Waals surface area (Å²) in [6.45, 7) is 7.76. The van der Waals surface area contributed by atoms with Crippen LogP contribution in [-0.2, 0) is 11.3 Å². The first kappa shape index (κ1) is 12.2. The lowest BCUT2D eigenvalue weighted by molar-refractivity contribution is 0.120. The zero-order valence-electron chi connectivity index (χ0n) is 9.99. The van der Waals surface area contributed by atoms with Gasteiger partial charge in [0.2, 0.25) is 0 Å². The summed E-state index contributed by atoms with van der Waals surface area (Å²) in [6, 6.07) is 8.64. The Morgan fingerprint density at radius 1 is 1.33 bits per heavy atom. The zero-order chi connectivity index (χ0) is 11.1. The van der Waals surface area contributed by atoms with Crippen molar-refractivity contribution < 1.29 is 4.74 Å². The van der Waals surface area contributed by atoms with Crippen molar-refractivity contribution in [2.45, 2.75) is 20.4 Å². The van der Waals surface area contributed by atoms with Gasteiger partial charge in [0.15, 0.2) is 0 Å². The van der Waals surface area contributed by atoms with Crippen LogP contribution in [0.2, 0.25) is 0 Å². The third kappa shape index (κ3) is 4.96. The van der Waals surface area contributed by atoms with Gasteiger partial charge in [-0.25, -0.2) is 0 Å². The zero-order valence-corrected chi connectivity index (χ0v) is 9.99. The van der Waals surface area contributed by atoms with Crippen molar-refractivity contribution in [3.05, 3.63) is 35.4 Å². The van der Waals surface area contributed by atoms with Crippen LogP contribution >= 0.6 is 0 Å². The highest BCUT2D eigenvalue weighted by atomic mass is 16.5. The van der Waals surface area contributed by atoms with Crippen LogP contribution in [-0.4, -0.2) is 31.7 Å². The summed E-state index contributed by atoms with van der Waals surface area (Å²) < 4.78 is 5.32. The molecule has 2 heteroatoms. The van der Waals surface area contributed by atoms with Crippen molar-refractivity contribution in [2.24, 2.45) is 0 Å². The van der Waals surface area contributed by atoms with Gasteiger partial charge in [-0.15, -0.1) is 0 Å². The number of benzene rings is 1. The molecular formula is C13H21NO. The number of hydrogen-bond acceptors (Lipinski definition) is 2. The normalized spacial score (nSPS) is 10.9. The number of ether oxygens (including phenoxy) is 1. The predicted octanol–water partition coefficient (Wildman–Crippen LogP) is 2.46. The van der Waals surface area contributed by atoms with Gasteiger partial charge in [0.05, 0.1) is 6.61 Å². The third-order valence-corrected chi connectivity index (χ3v) is 2.36. The number of nitrogens with zero attached hydrogens (tertiary/aromatic N) is 1. The summed E-state index contributed by atoms with van der Waals surface area (Å²) in [5, 5.41) is 0. The van der Waals surface area contributed by atoms with Gasteiger partial charge in [0.1, 0.15) is 0 Å². The fourth-order valence-electron chi connectivity index (χ4n) is 1.57. The lowest BCUT2D eigenvalue weighted by Crippen LogP contribution is -2.22. The first-order valence-electron chi connectivity index (χ1n) is 5.54. The molecule has 0 saturated heterocycles. The maximum absolute atomic E-state index is 5.32. The van der Waals surface area contributed by atoms with Crippen LogP contribution in [0.1, 0.15) is 18.1 Å². The summed E-state index contributed by atoms with van der Waals surface area (Å²) in [6.07, 6.45) is 0. The molecule has 0 atom stereocenters. The molecule has 0 aliphatic rings. The van der Waals surface area contributed by atoms with E-state index < -0.39 is 0 Å². The molecule has 0 aromatic heterocycles. The van der Waals surface area contributed by atoms with Gasteiger partial charge < -0.3 is 4.74 Å². The molecule has 1 aromatic rings. The molecule has 0 spiro atoms. The topological polar surface area (TPSA) is 12.5 Å². The van der Waals surface area contributed by atoms with E-state index in [0.717, 1.165) is 26.3 Å². The SMILES string of the molecule is CCOCCN(C)Cc1cccc(C)c1. The fraction of sp³-hybridized carbons (Fsp3) is 0.538. The Hall–Kier alpha value is -0.860. The van der Waals surface area contributed by atoms with E-state index in [9.17, 15) is 0 Å². The molecule has 0 saturated carbocycles. The third-order valence-electron chi connectivity index (χ3n) is 2.36. The Balaban J connectivity index is 2.34. The number of hydrogen-bond donors (Lipinski definition) is 0. The number of rotatable bonds is 6. The average molecular weight is 207 g/mol. The minimum atomic E-state index is 0.804. The van der Waals surface area contributed by atoms with Gasteiger partial charge in [0, 0.05) is 19.7 Å². The van der Waals surface area contributed by atoms with Crippen LogP contribution in [0.4, 0.5) is 0 Å². The fourth-order valence-corrected chi connectivity index (χ4v) is 1.57. The van der Waals surface area contributed by atoms with E-state index in [0.29, 0.717) is 0 Å². The van der Waals surface area contributed by atoms with Crippen molar-refractivity contribution in [2.75, 3.05) is 26.8 Å². The van der Waals surface area contributed by atoms with Gasteiger partial charge in [-0.3, -0.25) is 4.90 Å². The largest absolute Gasteiger partial charge is 0.380 e. The maximum Gasteiger partial charge on any atom is 0.0593 e. The van der Waals surface area contributed by atoms with E-state index in [1.807, 2.05) is 6.92 Å². The molecule has 84 valence electrons. The standard InChI is InChI=1S/C13H21NO/c1-4-15-9-8-14(3)11-13-7-5-6-12(2)10-13/h5-7,10H,4,8-9,11H2,1-3H3. The second-order valence-electron chi connectivity index (χ2n) is 3.92. The highest BCUT2D eigenvalue weighted by Crippen LogP contribution is 2.06. The van der Waals surface area contributed by atoms with Crippen molar-refractivity contribution in [3.8, 4) is 0 Å². The van der Waals surface area contributed by atoms with Crippen molar-refractivity contribution in [3.63, 3.8) is 0 Å². The summed E-state index contributed by atoms with van der Waals surface area (Å²) in [4.78, 5) is 2.28. The predicted molar refractivity (Wildman–Crippen MR) is 64.0 cm³/mol. The lowest BCUT2D eigenvalue weighted by Gasteiger charge is -2.16. The highest BCUT2D eigenvalue weighted by Gasteiger charge is 1.99. The van der Waals surface area contributed by atoms with Crippen molar-refractivity contribution in [1.82, 2.24) is 4.90 Å². The molecule has 0 N–H and O–H groups in total. The molecule has 2 nitrogen and oxygen atoms in total. The van der Waals surface area contributed by atoms with Gasteiger partial charge in [-0.05, 0) is 26.5 Å². The van der Waals surface area contributed by atoms with Gasteiger partial charge in [-0.2, -0.15) is 0 Å². The van der Waals surface area contributed by atoms with E-state index in [2.05, 4.69) is 43.1 Å². The molecule has 0 bridgehead atoms. The van der Waals surface area contributed by atoms with Crippen LogP contribution in [0.25, 0.3) is 0 Å². The van der Waals surface area contributed by atoms with Gasteiger partial charge in [0.25, 0.3) is 0 Å². The highest BCUT2D eigenvalue weighted by molar-refractivity contribution is 5.21. The van der Waals surface area contributed by atoms with Crippen LogP contribution in [0.5, 0.6) is 0 Å². The quantitative estimate of drug-likeness (QED) is 0.664. The minimum Gasteiger partial charge on any atom is -0.380 e. The molecule has 0 unspecified atom stereocenters. The van der Waals surface area contributed by atoms with Crippen molar-refractivity contribution in [1.29, 1.82) is 0 Å². The first-order valence-corrected chi connectivity index (χ1v) is 5.54. The second-order valence-corrected chi connectivity index (χ2v) is 3.92. The molecule has 0 aliphatic carbocycles. The Bertz CT molecular complexity index is 286. The first-order chi connectivity index (χ1) is 7.22. The Kier molecular flexibility index (Phi) is 5.37. The molecule has 0 aliphatic heterocycles. The summed E-state index contributed by atoms with van der Waals surface area (Å²) in [5.41, 5.74) is 2.69. The number of likely N-dealkylation sites (N-methyl/N-ethyl adjacent to an activating group) is 1. The molecule has 0 radical (unpaired) electrons. The summed E-state index contributed by atoms with van der Waals surface area (Å²) in [5.74, 6) is 0. The van der Waals surface area contributed by atoms with Crippen LogP contribution in [0.3, 0.4) is 0 Å². The number of aryl methyl sites for hydroxylation is 1. The van der Waals surface area contributed by atoms with Crippen molar-refractivity contribution >= 4 is 0 Å². The van der Waals surface area contributed by atoms with Crippen LogP contribution < -0.4 is 0 Å². The monoisotopic (exact) mass is 207 g/mol. The molecule has 0 fully saturated rings. The van der Waals surface area contributed by atoms with Gasteiger partial charge >= 0.3 is 0 Å². The molecule has 15 heavy (non-hydrogen) atoms. The molecule has 0 amide bonds. The van der Waals surface area contributed by atoms with E-state index >= 15 is 0 Å². The minimum absolute atomic E-state index is 0.804. The average Bonchev–Trinajstić information content (AvgIpc) is 2.18. The molecule has 1 aromatic carbocycles. The molecule has 0 heterocycles. The van der Waals surface area contributed by atoms with E-state index in [-0.39, 0.29) is 0 Å². The smallest absolute Gasteiger partial charge is 0.0593 e. The Morgan fingerprint density at radius 2 is 2.13 bits per heavy atom. The Morgan fingerprint density at radius 3 is 2.80 bits per heavy atom. The summed E-state index contributed by atoms with van der Waals surface area (Å²) >= 11 is 0. The van der Waals surface area contributed by atoms with E-state index in [1.54, 1.807) is 0 Å². The molecular weight excluding hydrogens is 186 g/mol. The lowest BCUT2D eigenvalue weighted by atomic mass is 10.1. The molecule has 1 rings (SSSR count).